The van der Waals surface area contributed by atoms with Gasteiger partial charge in [-0.3, -0.25) is 10.3 Å². The average Bonchev–Trinajstić information content (AvgIpc) is 2.36. The van der Waals surface area contributed by atoms with E-state index in [1.165, 1.54) is 0 Å². The monoisotopic (exact) mass is 152 g/mol. The quantitative estimate of drug-likeness (QED) is 0.657. The Morgan fingerprint density at radius 2 is 2.45 bits per heavy atom. The van der Waals surface area contributed by atoms with Gasteiger partial charge in [0, 0.05) is 13.2 Å². The number of aryl methyl sites for hydroxylation is 1. The average molecular weight is 152 g/mol. The maximum Gasteiger partial charge on any atom is 0.0769 e. The summed E-state index contributed by atoms with van der Waals surface area (Å²) < 4.78 is 1.97. The fourth-order valence-electron chi connectivity index (χ4n) is 0.950. The van der Waals surface area contributed by atoms with Crippen LogP contribution < -0.4 is 5.48 Å². The van der Waals surface area contributed by atoms with Crippen molar-refractivity contribution in [1.29, 1.82) is 0 Å². The van der Waals surface area contributed by atoms with E-state index in [1.807, 2.05) is 29.9 Å². The Kier molecular flexibility index (Phi) is 2.33. The zero-order chi connectivity index (χ0) is 8.27. The van der Waals surface area contributed by atoms with Gasteiger partial charge >= 0.3 is 0 Å². The highest BCUT2D eigenvalue weighted by Crippen LogP contribution is 2.07. The molecule has 60 valence electrons. The van der Waals surface area contributed by atoms with E-state index in [2.05, 4.69) is 12.1 Å². The summed E-state index contributed by atoms with van der Waals surface area (Å²) in [6.45, 7) is 3.79. The van der Waals surface area contributed by atoms with Gasteiger partial charge in [-0.15, -0.1) is 0 Å². The highest BCUT2D eigenvalue weighted by Gasteiger charge is 1.99. The van der Waals surface area contributed by atoms with Crippen LogP contribution in [0.5, 0.6) is 0 Å². The molecule has 1 aromatic rings. The summed E-state index contributed by atoms with van der Waals surface area (Å²) >= 11 is 0. The third kappa shape index (κ3) is 1.62. The van der Waals surface area contributed by atoms with Crippen molar-refractivity contribution in [2.24, 2.45) is 7.05 Å². The number of nitrogens with one attached hydrogen (secondary N) is 1. The number of hydroxylamine groups is 1. The molecule has 0 saturated heterocycles. The van der Waals surface area contributed by atoms with Gasteiger partial charge in [-0.05, 0) is 12.1 Å². The molecule has 0 radical (unpaired) electrons. The molecule has 3 heteroatoms. The Labute approximate surface area is 66.2 Å². The molecule has 0 aliphatic carbocycles. The maximum atomic E-state index is 4.72. The molecule has 0 spiro atoms. The second kappa shape index (κ2) is 3.25. The van der Waals surface area contributed by atoms with Crippen LogP contribution in [0.4, 0.5) is 0 Å². The SMILES string of the molecule is C=C(NOC)c1cccn1C. The standard InChI is InChI=1S/C8H12N2O/c1-7(9-11-3)8-5-4-6-10(8)2/h4-6,9H,1H2,2-3H3. The first-order valence-electron chi connectivity index (χ1n) is 3.35. The van der Waals surface area contributed by atoms with Crippen LogP contribution in [0.3, 0.4) is 0 Å². The normalized spacial score (nSPS) is 9.64. The van der Waals surface area contributed by atoms with Crippen molar-refractivity contribution >= 4 is 5.70 Å². The van der Waals surface area contributed by atoms with Crippen molar-refractivity contribution in [2.45, 2.75) is 0 Å². The van der Waals surface area contributed by atoms with Gasteiger partial charge in [-0.25, -0.2) is 0 Å². The number of nitrogens with zero attached hydrogens (tertiary/aromatic N) is 1. The number of hydrogen-bond donors (Lipinski definition) is 1. The third-order valence-electron chi connectivity index (χ3n) is 1.48. The van der Waals surface area contributed by atoms with Crippen LogP contribution in [0.1, 0.15) is 5.69 Å². The first-order valence-corrected chi connectivity index (χ1v) is 3.35. The zero-order valence-electron chi connectivity index (χ0n) is 6.79. The molecule has 0 atom stereocenters. The minimum absolute atomic E-state index is 0.764. The second-order valence-corrected chi connectivity index (χ2v) is 2.29. The predicted molar refractivity (Wildman–Crippen MR) is 44.6 cm³/mol. The highest BCUT2D eigenvalue weighted by atomic mass is 16.6. The van der Waals surface area contributed by atoms with Gasteiger partial charge in [-0.2, -0.15) is 0 Å². The van der Waals surface area contributed by atoms with Gasteiger partial charge in [-0.1, -0.05) is 6.58 Å². The fraction of sp³-hybridized carbons (Fsp3) is 0.250. The van der Waals surface area contributed by atoms with Crippen LogP contribution in [0.15, 0.2) is 24.9 Å². The van der Waals surface area contributed by atoms with Crippen LogP contribution in [0.2, 0.25) is 0 Å². The van der Waals surface area contributed by atoms with E-state index in [1.54, 1.807) is 7.11 Å². The lowest BCUT2D eigenvalue weighted by Crippen LogP contribution is -2.11. The first-order chi connectivity index (χ1) is 5.25. The summed E-state index contributed by atoms with van der Waals surface area (Å²) in [5.41, 5.74) is 4.46. The molecule has 3 nitrogen and oxygen atoms in total. The lowest BCUT2D eigenvalue weighted by molar-refractivity contribution is 0.136. The molecule has 0 unspecified atom stereocenters. The van der Waals surface area contributed by atoms with Crippen molar-refractivity contribution < 1.29 is 4.84 Å². The van der Waals surface area contributed by atoms with Crippen molar-refractivity contribution in [3.05, 3.63) is 30.6 Å². The van der Waals surface area contributed by atoms with Crippen LogP contribution in [-0.2, 0) is 11.9 Å². The Morgan fingerprint density at radius 3 is 2.91 bits per heavy atom. The Bertz CT molecular complexity index is 252. The molecule has 0 saturated carbocycles. The lowest BCUT2D eigenvalue weighted by atomic mass is 10.3. The molecule has 1 N–H and O–H groups in total. The van der Waals surface area contributed by atoms with E-state index >= 15 is 0 Å². The van der Waals surface area contributed by atoms with E-state index in [0.717, 1.165) is 11.4 Å². The molecule has 0 bridgehead atoms. The summed E-state index contributed by atoms with van der Waals surface area (Å²) in [6, 6.07) is 3.92. The minimum Gasteiger partial charge on any atom is -0.349 e. The molecule has 0 fully saturated rings. The van der Waals surface area contributed by atoms with Crippen molar-refractivity contribution in [3.8, 4) is 0 Å². The van der Waals surface area contributed by atoms with Crippen LogP contribution in [0.25, 0.3) is 5.70 Å². The van der Waals surface area contributed by atoms with Gasteiger partial charge in [0.1, 0.15) is 0 Å². The van der Waals surface area contributed by atoms with Crippen molar-refractivity contribution in [3.63, 3.8) is 0 Å². The molecular weight excluding hydrogens is 140 g/mol. The van der Waals surface area contributed by atoms with Gasteiger partial charge < -0.3 is 4.57 Å². The van der Waals surface area contributed by atoms with E-state index in [0.29, 0.717) is 0 Å². The summed E-state index contributed by atoms with van der Waals surface area (Å²) in [6.07, 6.45) is 1.96. The molecule has 0 aromatic carbocycles. The van der Waals surface area contributed by atoms with E-state index in [4.69, 9.17) is 4.84 Å². The molecule has 1 aromatic heterocycles. The molecule has 11 heavy (non-hydrogen) atoms. The largest absolute Gasteiger partial charge is 0.349 e. The van der Waals surface area contributed by atoms with Crippen LogP contribution in [-0.4, -0.2) is 11.7 Å². The molecular formula is C8H12N2O. The first kappa shape index (κ1) is 7.88. The molecule has 1 heterocycles. The molecule has 1 rings (SSSR count). The molecule has 0 aliphatic heterocycles. The predicted octanol–water partition coefficient (Wildman–Crippen LogP) is 1.15. The summed E-state index contributed by atoms with van der Waals surface area (Å²) in [5.74, 6) is 0. The van der Waals surface area contributed by atoms with Gasteiger partial charge in [0.15, 0.2) is 0 Å². The Morgan fingerprint density at radius 1 is 1.73 bits per heavy atom. The summed E-state index contributed by atoms with van der Waals surface area (Å²) in [5, 5.41) is 0. The van der Waals surface area contributed by atoms with Crippen molar-refractivity contribution in [1.82, 2.24) is 10.0 Å². The Hall–Kier alpha value is -1.22. The summed E-state index contributed by atoms with van der Waals surface area (Å²) in [4.78, 5) is 4.72. The lowest BCUT2D eigenvalue weighted by Gasteiger charge is -2.07. The minimum atomic E-state index is 0.764. The van der Waals surface area contributed by atoms with E-state index < -0.39 is 0 Å². The van der Waals surface area contributed by atoms with Crippen molar-refractivity contribution in [2.75, 3.05) is 7.11 Å². The summed E-state index contributed by atoms with van der Waals surface area (Å²) in [7, 11) is 3.52. The van der Waals surface area contributed by atoms with Gasteiger partial charge in [0.05, 0.1) is 18.5 Å². The number of aromatic nitrogens is 1. The van der Waals surface area contributed by atoms with Crippen LogP contribution in [0, 0.1) is 0 Å². The van der Waals surface area contributed by atoms with Crippen LogP contribution >= 0.6 is 0 Å². The fourth-order valence-corrected chi connectivity index (χ4v) is 0.950. The highest BCUT2D eigenvalue weighted by molar-refractivity contribution is 5.57. The van der Waals surface area contributed by atoms with Gasteiger partial charge in [0.2, 0.25) is 0 Å². The molecule has 0 aliphatic rings. The Balaban J connectivity index is 2.76. The van der Waals surface area contributed by atoms with Gasteiger partial charge in [0.25, 0.3) is 0 Å². The topological polar surface area (TPSA) is 26.2 Å². The smallest absolute Gasteiger partial charge is 0.0769 e. The molecule has 0 amide bonds. The van der Waals surface area contributed by atoms with E-state index in [-0.39, 0.29) is 0 Å². The van der Waals surface area contributed by atoms with E-state index in [9.17, 15) is 0 Å². The number of rotatable bonds is 3. The zero-order valence-corrected chi connectivity index (χ0v) is 6.79. The number of hydrogen-bond acceptors (Lipinski definition) is 2. The maximum absolute atomic E-state index is 4.72. The third-order valence-corrected chi connectivity index (χ3v) is 1.48. The second-order valence-electron chi connectivity index (χ2n) is 2.29.